The van der Waals surface area contributed by atoms with Crippen LogP contribution in [0.25, 0.3) is 0 Å². The summed E-state index contributed by atoms with van der Waals surface area (Å²) < 4.78 is 85.5. The van der Waals surface area contributed by atoms with E-state index in [9.17, 15) is 46.0 Å². The van der Waals surface area contributed by atoms with Gasteiger partial charge in [0.1, 0.15) is 5.56 Å². The molecule has 35 heavy (non-hydrogen) atoms. The molecule has 0 unspecified atom stereocenters. The van der Waals surface area contributed by atoms with E-state index in [0.717, 1.165) is 6.07 Å². The lowest BCUT2D eigenvalue weighted by Gasteiger charge is -2.27. The number of amides is 2. The van der Waals surface area contributed by atoms with Crippen molar-refractivity contribution in [3.63, 3.8) is 0 Å². The van der Waals surface area contributed by atoms with Crippen LogP contribution in [0.4, 0.5) is 49.1 Å². The molecule has 2 N–H and O–H groups in total. The molecule has 3 rings (SSSR count). The number of carbonyl (C=O) groups is 2. The number of nitrogens with zero attached hydrogens (tertiary/aromatic N) is 2. The van der Waals surface area contributed by atoms with Gasteiger partial charge in [-0.1, -0.05) is 0 Å². The van der Waals surface area contributed by atoms with Crippen molar-refractivity contribution >= 4 is 34.6 Å². The zero-order chi connectivity index (χ0) is 26.1. The molecule has 0 saturated carbocycles. The number of anilines is 3. The van der Waals surface area contributed by atoms with Crippen LogP contribution in [0.1, 0.15) is 12.5 Å². The minimum atomic E-state index is -5.22. The SMILES string of the molecule is CC(=O)Nc1ccc(NC(=O)[C@@H]2CN(c3ccc([N+](=O)[O-])c(C(F)(F)F)c3)[C@@H](C(F)(F)F)O2)cc1. The molecular formula is C20H16F6N4O5. The van der Waals surface area contributed by atoms with Crippen molar-refractivity contribution < 1.29 is 45.6 Å². The quantitative estimate of drug-likeness (QED) is 0.355. The van der Waals surface area contributed by atoms with Gasteiger partial charge in [0.25, 0.3) is 11.6 Å². The Morgan fingerprint density at radius 3 is 2.09 bits per heavy atom. The lowest BCUT2D eigenvalue weighted by Crippen LogP contribution is -2.42. The van der Waals surface area contributed by atoms with Crippen LogP contribution in [0.5, 0.6) is 0 Å². The average molecular weight is 506 g/mol. The number of hydrogen-bond donors (Lipinski definition) is 2. The Bertz CT molecular complexity index is 1140. The number of nitro groups is 1. The number of rotatable bonds is 5. The van der Waals surface area contributed by atoms with E-state index in [1.54, 1.807) is 0 Å². The molecule has 9 nitrogen and oxygen atoms in total. The van der Waals surface area contributed by atoms with Crippen LogP contribution in [0.2, 0.25) is 0 Å². The predicted molar refractivity (Wildman–Crippen MR) is 110 cm³/mol. The van der Waals surface area contributed by atoms with Gasteiger partial charge in [-0.05, 0) is 36.4 Å². The summed E-state index contributed by atoms with van der Waals surface area (Å²) >= 11 is 0. The molecule has 2 atom stereocenters. The van der Waals surface area contributed by atoms with Crippen molar-refractivity contribution in [2.24, 2.45) is 0 Å². The molecule has 1 heterocycles. The van der Waals surface area contributed by atoms with E-state index in [1.807, 2.05) is 0 Å². The summed E-state index contributed by atoms with van der Waals surface area (Å²) in [5, 5.41) is 15.7. The highest BCUT2D eigenvalue weighted by molar-refractivity contribution is 5.95. The van der Waals surface area contributed by atoms with Gasteiger partial charge in [-0.25, -0.2) is 0 Å². The van der Waals surface area contributed by atoms with Gasteiger partial charge in [-0.2, -0.15) is 26.3 Å². The van der Waals surface area contributed by atoms with Crippen molar-refractivity contribution in [1.82, 2.24) is 0 Å². The Morgan fingerprint density at radius 2 is 1.60 bits per heavy atom. The molecule has 2 aromatic rings. The Kier molecular flexibility index (Phi) is 6.91. The Morgan fingerprint density at radius 1 is 1.03 bits per heavy atom. The van der Waals surface area contributed by atoms with Crippen molar-refractivity contribution in [3.05, 3.63) is 58.1 Å². The predicted octanol–water partition coefficient (Wildman–Crippen LogP) is 4.30. The summed E-state index contributed by atoms with van der Waals surface area (Å²) in [6, 6.07) is 6.94. The molecule has 0 bridgehead atoms. The number of ether oxygens (including phenoxy) is 1. The Hall–Kier alpha value is -3.88. The van der Waals surface area contributed by atoms with Crippen LogP contribution < -0.4 is 15.5 Å². The summed E-state index contributed by atoms with van der Waals surface area (Å²) in [7, 11) is 0. The Balaban J connectivity index is 1.85. The first kappa shape index (κ1) is 25.7. The highest BCUT2D eigenvalue weighted by Gasteiger charge is 2.53. The van der Waals surface area contributed by atoms with Crippen molar-refractivity contribution in [2.75, 3.05) is 22.1 Å². The largest absolute Gasteiger partial charge is 0.433 e. The normalized spacial score (nSPS) is 18.3. The first-order valence-electron chi connectivity index (χ1n) is 9.70. The highest BCUT2D eigenvalue weighted by atomic mass is 19.4. The maximum Gasteiger partial charge on any atom is 0.433 e. The number of hydrogen-bond acceptors (Lipinski definition) is 6. The summed E-state index contributed by atoms with van der Waals surface area (Å²) in [5.74, 6) is -1.36. The van der Waals surface area contributed by atoms with Gasteiger partial charge in [0, 0.05) is 30.1 Å². The Labute approximate surface area is 192 Å². The summed E-state index contributed by atoms with van der Waals surface area (Å²) in [5.41, 5.74) is -3.19. The fourth-order valence-electron chi connectivity index (χ4n) is 3.34. The smallest absolute Gasteiger partial charge is 0.335 e. The number of benzene rings is 2. The molecule has 0 aromatic heterocycles. The number of carbonyl (C=O) groups excluding carboxylic acids is 2. The molecular weight excluding hydrogens is 490 g/mol. The molecule has 0 spiro atoms. The first-order valence-corrected chi connectivity index (χ1v) is 9.70. The second-order valence-corrected chi connectivity index (χ2v) is 7.38. The number of nitro benzene ring substituents is 1. The molecule has 2 aromatic carbocycles. The second kappa shape index (κ2) is 9.40. The standard InChI is InChI=1S/C20H16F6N4O5/c1-10(31)27-11-2-4-12(5-3-11)28-17(32)16-9-29(18(35-16)20(24,25)26)13-6-7-15(30(33)34)14(8-13)19(21,22)23/h2-8,16,18H,9H2,1H3,(H,27,31)(H,28,32)/t16-,18+/m0/s1. The van der Waals surface area contributed by atoms with Crippen LogP contribution in [0.3, 0.4) is 0 Å². The molecule has 0 radical (unpaired) electrons. The molecule has 1 aliphatic rings. The molecule has 1 saturated heterocycles. The van der Waals surface area contributed by atoms with Crippen molar-refractivity contribution in [3.8, 4) is 0 Å². The van der Waals surface area contributed by atoms with Gasteiger partial charge in [-0.15, -0.1) is 0 Å². The molecule has 15 heteroatoms. The molecule has 188 valence electrons. The van der Waals surface area contributed by atoms with E-state index < -0.39 is 59.0 Å². The summed E-state index contributed by atoms with van der Waals surface area (Å²) in [6.07, 6.45) is -14.8. The van der Waals surface area contributed by atoms with E-state index in [0.29, 0.717) is 16.7 Å². The van der Waals surface area contributed by atoms with E-state index >= 15 is 0 Å². The van der Waals surface area contributed by atoms with E-state index in [2.05, 4.69) is 10.6 Å². The van der Waals surface area contributed by atoms with E-state index in [1.165, 1.54) is 31.2 Å². The summed E-state index contributed by atoms with van der Waals surface area (Å²) in [4.78, 5) is 33.6. The minimum Gasteiger partial charge on any atom is -0.335 e. The topological polar surface area (TPSA) is 114 Å². The average Bonchev–Trinajstić information content (AvgIpc) is 3.20. The van der Waals surface area contributed by atoms with Crippen LogP contribution in [-0.2, 0) is 20.5 Å². The van der Waals surface area contributed by atoms with Crippen molar-refractivity contribution in [2.45, 2.75) is 31.6 Å². The third-order valence-electron chi connectivity index (χ3n) is 4.80. The van der Waals surface area contributed by atoms with Crippen LogP contribution in [0.15, 0.2) is 42.5 Å². The van der Waals surface area contributed by atoms with Gasteiger partial charge in [0.15, 0.2) is 6.10 Å². The number of alkyl halides is 6. The van der Waals surface area contributed by atoms with Crippen molar-refractivity contribution in [1.29, 1.82) is 0 Å². The van der Waals surface area contributed by atoms with Gasteiger partial charge < -0.3 is 20.3 Å². The second-order valence-electron chi connectivity index (χ2n) is 7.38. The lowest BCUT2D eigenvalue weighted by molar-refractivity contribution is -0.388. The third-order valence-corrected chi connectivity index (χ3v) is 4.80. The minimum absolute atomic E-state index is 0.157. The summed E-state index contributed by atoms with van der Waals surface area (Å²) in [6.45, 7) is 0.494. The van der Waals surface area contributed by atoms with E-state index in [4.69, 9.17) is 4.74 Å². The highest BCUT2D eigenvalue weighted by Crippen LogP contribution is 2.41. The van der Waals surface area contributed by atoms with Gasteiger partial charge in [-0.3, -0.25) is 19.7 Å². The van der Waals surface area contributed by atoms with Crippen LogP contribution in [0, 0.1) is 10.1 Å². The third kappa shape index (κ3) is 5.98. The molecule has 2 amide bonds. The molecule has 1 aliphatic heterocycles. The fourth-order valence-corrected chi connectivity index (χ4v) is 3.34. The van der Waals surface area contributed by atoms with Gasteiger partial charge in [0.05, 0.1) is 11.5 Å². The molecule has 1 fully saturated rings. The van der Waals surface area contributed by atoms with Crippen LogP contribution in [-0.4, -0.2) is 41.8 Å². The zero-order valence-corrected chi connectivity index (χ0v) is 17.6. The molecule has 0 aliphatic carbocycles. The number of nitrogens with one attached hydrogen (secondary N) is 2. The zero-order valence-electron chi connectivity index (χ0n) is 17.6. The fraction of sp³-hybridized carbons (Fsp3) is 0.300. The monoisotopic (exact) mass is 506 g/mol. The van der Waals surface area contributed by atoms with Crippen LogP contribution >= 0.6 is 0 Å². The lowest BCUT2D eigenvalue weighted by atomic mass is 10.1. The van der Waals surface area contributed by atoms with Gasteiger partial charge >= 0.3 is 12.4 Å². The van der Waals surface area contributed by atoms with Gasteiger partial charge in [0.2, 0.25) is 12.1 Å². The maximum absolute atomic E-state index is 13.6. The first-order chi connectivity index (χ1) is 16.2. The van der Waals surface area contributed by atoms with E-state index in [-0.39, 0.29) is 17.7 Å². The number of halogens is 6. The maximum atomic E-state index is 13.6.